The Labute approximate surface area is 120 Å². The summed E-state index contributed by atoms with van der Waals surface area (Å²) in [5.41, 5.74) is 1.28. The number of nitro benzene ring substituents is 1. The average molecular weight is 276 g/mol. The molecular weight excluding hydrogens is 252 g/mol. The standard InChI is InChI=1S/C16H24N2O2/c1-3-13-5-4-6-15(11-13)17-12(2)14-7-9-16(10-8-14)18(19)20/h7-10,12-13,15,17H,3-6,11H2,1-2H3. The molecule has 110 valence electrons. The van der Waals surface area contributed by atoms with Crippen molar-refractivity contribution in [2.24, 2.45) is 5.92 Å². The molecule has 1 N–H and O–H groups in total. The molecule has 20 heavy (non-hydrogen) atoms. The number of nitro groups is 1. The molecule has 0 heterocycles. The monoisotopic (exact) mass is 276 g/mol. The Bertz CT molecular complexity index is 444. The highest BCUT2D eigenvalue weighted by molar-refractivity contribution is 5.34. The summed E-state index contributed by atoms with van der Waals surface area (Å²) in [7, 11) is 0. The van der Waals surface area contributed by atoms with Gasteiger partial charge in [0.1, 0.15) is 0 Å². The Morgan fingerprint density at radius 1 is 1.35 bits per heavy atom. The summed E-state index contributed by atoms with van der Waals surface area (Å²) in [6, 6.07) is 7.72. The van der Waals surface area contributed by atoms with E-state index in [4.69, 9.17) is 0 Å². The highest BCUT2D eigenvalue weighted by Gasteiger charge is 2.22. The first kappa shape index (κ1) is 15.0. The minimum Gasteiger partial charge on any atom is -0.307 e. The van der Waals surface area contributed by atoms with Gasteiger partial charge in [-0.05, 0) is 31.2 Å². The number of rotatable bonds is 5. The molecule has 1 aromatic carbocycles. The van der Waals surface area contributed by atoms with Gasteiger partial charge in [-0.2, -0.15) is 0 Å². The van der Waals surface area contributed by atoms with E-state index >= 15 is 0 Å². The third-order valence-electron chi connectivity index (χ3n) is 4.45. The SMILES string of the molecule is CCC1CCCC(NC(C)c2ccc([N+](=O)[O-])cc2)C1. The lowest BCUT2D eigenvalue weighted by molar-refractivity contribution is -0.384. The second-order valence-electron chi connectivity index (χ2n) is 5.87. The van der Waals surface area contributed by atoms with Crippen molar-refractivity contribution < 1.29 is 4.92 Å². The average Bonchev–Trinajstić information content (AvgIpc) is 2.47. The summed E-state index contributed by atoms with van der Waals surface area (Å²) in [6.07, 6.45) is 6.44. The maximum atomic E-state index is 10.7. The molecule has 1 fully saturated rings. The van der Waals surface area contributed by atoms with Gasteiger partial charge in [-0.25, -0.2) is 0 Å². The Hall–Kier alpha value is -1.42. The summed E-state index contributed by atoms with van der Waals surface area (Å²) in [5.74, 6) is 0.852. The molecule has 0 radical (unpaired) electrons. The molecular formula is C16H24N2O2. The van der Waals surface area contributed by atoms with Crippen molar-refractivity contribution in [1.29, 1.82) is 0 Å². The molecule has 0 bridgehead atoms. The van der Waals surface area contributed by atoms with Crippen LogP contribution in [0.3, 0.4) is 0 Å². The highest BCUT2D eigenvalue weighted by Crippen LogP contribution is 2.28. The lowest BCUT2D eigenvalue weighted by Gasteiger charge is -2.31. The number of benzene rings is 1. The predicted octanol–water partition coefficient (Wildman–Crippen LogP) is 4.21. The second-order valence-corrected chi connectivity index (χ2v) is 5.87. The summed E-state index contributed by atoms with van der Waals surface area (Å²) < 4.78 is 0. The molecule has 0 spiro atoms. The van der Waals surface area contributed by atoms with E-state index in [1.54, 1.807) is 12.1 Å². The van der Waals surface area contributed by atoms with Crippen LogP contribution in [0, 0.1) is 16.0 Å². The van der Waals surface area contributed by atoms with Gasteiger partial charge in [-0.3, -0.25) is 10.1 Å². The number of nitrogens with one attached hydrogen (secondary N) is 1. The molecule has 4 heteroatoms. The fraction of sp³-hybridized carbons (Fsp3) is 0.625. The van der Waals surface area contributed by atoms with Crippen LogP contribution in [0.15, 0.2) is 24.3 Å². The normalized spacial score (nSPS) is 24.3. The van der Waals surface area contributed by atoms with E-state index < -0.39 is 0 Å². The van der Waals surface area contributed by atoms with Crippen LogP contribution in [0.25, 0.3) is 0 Å². The van der Waals surface area contributed by atoms with Gasteiger partial charge in [-0.1, -0.05) is 38.3 Å². The van der Waals surface area contributed by atoms with Crippen molar-refractivity contribution in [2.45, 2.75) is 58.0 Å². The van der Waals surface area contributed by atoms with Crippen LogP contribution in [-0.4, -0.2) is 11.0 Å². The van der Waals surface area contributed by atoms with Crippen molar-refractivity contribution in [3.8, 4) is 0 Å². The third kappa shape index (κ3) is 3.79. The molecule has 3 atom stereocenters. The summed E-state index contributed by atoms with van der Waals surface area (Å²) >= 11 is 0. The van der Waals surface area contributed by atoms with Gasteiger partial charge in [-0.15, -0.1) is 0 Å². The van der Waals surface area contributed by atoms with E-state index in [1.165, 1.54) is 32.1 Å². The molecule has 1 saturated carbocycles. The van der Waals surface area contributed by atoms with Crippen molar-refractivity contribution in [1.82, 2.24) is 5.32 Å². The number of hydrogen-bond acceptors (Lipinski definition) is 3. The van der Waals surface area contributed by atoms with Gasteiger partial charge < -0.3 is 5.32 Å². The van der Waals surface area contributed by atoms with Crippen LogP contribution in [0.4, 0.5) is 5.69 Å². The van der Waals surface area contributed by atoms with Crippen LogP contribution < -0.4 is 5.32 Å². The fourth-order valence-corrected chi connectivity index (χ4v) is 3.15. The zero-order valence-electron chi connectivity index (χ0n) is 12.3. The number of nitrogens with zero attached hydrogens (tertiary/aromatic N) is 1. The van der Waals surface area contributed by atoms with Gasteiger partial charge in [0.05, 0.1) is 4.92 Å². The van der Waals surface area contributed by atoms with E-state index in [0.717, 1.165) is 11.5 Å². The Balaban J connectivity index is 1.93. The molecule has 0 amide bonds. The zero-order valence-corrected chi connectivity index (χ0v) is 12.3. The lowest BCUT2D eigenvalue weighted by atomic mass is 9.84. The zero-order chi connectivity index (χ0) is 14.5. The first-order valence-corrected chi connectivity index (χ1v) is 7.60. The Morgan fingerprint density at radius 2 is 2.05 bits per heavy atom. The van der Waals surface area contributed by atoms with E-state index in [0.29, 0.717) is 6.04 Å². The number of non-ortho nitro benzene ring substituents is 1. The van der Waals surface area contributed by atoms with Crippen molar-refractivity contribution in [3.05, 3.63) is 39.9 Å². The molecule has 1 aliphatic rings. The van der Waals surface area contributed by atoms with Crippen LogP contribution in [0.1, 0.15) is 57.6 Å². The van der Waals surface area contributed by atoms with Crippen LogP contribution in [0.2, 0.25) is 0 Å². The topological polar surface area (TPSA) is 55.2 Å². The van der Waals surface area contributed by atoms with Gasteiger partial charge in [0.25, 0.3) is 5.69 Å². The molecule has 0 saturated heterocycles. The van der Waals surface area contributed by atoms with Crippen molar-refractivity contribution in [2.75, 3.05) is 0 Å². The minimum absolute atomic E-state index is 0.157. The number of hydrogen-bond donors (Lipinski definition) is 1. The van der Waals surface area contributed by atoms with E-state index in [2.05, 4.69) is 19.2 Å². The van der Waals surface area contributed by atoms with Crippen LogP contribution in [0.5, 0.6) is 0 Å². The molecule has 1 aliphatic carbocycles. The van der Waals surface area contributed by atoms with Gasteiger partial charge in [0.2, 0.25) is 0 Å². The summed E-state index contributed by atoms with van der Waals surface area (Å²) in [4.78, 5) is 10.3. The van der Waals surface area contributed by atoms with E-state index in [9.17, 15) is 10.1 Å². The largest absolute Gasteiger partial charge is 0.307 e. The summed E-state index contributed by atoms with van der Waals surface area (Å²) in [5, 5.41) is 14.3. The predicted molar refractivity (Wildman–Crippen MR) is 80.7 cm³/mol. The molecule has 2 rings (SSSR count). The summed E-state index contributed by atoms with van der Waals surface area (Å²) in [6.45, 7) is 4.41. The lowest BCUT2D eigenvalue weighted by Crippen LogP contribution is -2.35. The maximum absolute atomic E-state index is 10.7. The Morgan fingerprint density at radius 3 is 2.65 bits per heavy atom. The first-order chi connectivity index (χ1) is 9.60. The quantitative estimate of drug-likeness (QED) is 0.647. The molecule has 0 aromatic heterocycles. The van der Waals surface area contributed by atoms with Crippen LogP contribution in [-0.2, 0) is 0 Å². The molecule has 0 aliphatic heterocycles. The van der Waals surface area contributed by atoms with Gasteiger partial charge in [0.15, 0.2) is 0 Å². The molecule has 1 aromatic rings. The first-order valence-electron chi connectivity index (χ1n) is 7.60. The molecule has 3 unspecified atom stereocenters. The highest BCUT2D eigenvalue weighted by atomic mass is 16.6. The Kier molecular flexibility index (Phi) is 5.12. The van der Waals surface area contributed by atoms with E-state index in [-0.39, 0.29) is 16.7 Å². The van der Waals surface area contributed by atoms with Gasteiger partial charge >= 0.3 is 0 Å². The molecule has 4 nitrogen and oxygen atoms in total. The van der Waals surface area contributed by atoms with Crippen molar-refractivity contribution in [3.63, 3.8) is 0 Å². The maximum Gasteiger partial charge on any atom is 0.269 e. The second kappa shape index (κ2) is 6.84. The fourth-order valence-electron chi connectivity index (χ4n) is 3.15. The van der Waals surface area contributed by atoms with E-state index in [1.807, 2.05) is 12.1 Å². The van der Waals surface area contributed by atoms with Crippen LogP contribution >= 0.6 is 0 Å². The van der Waals surface area contributed by atoms with Gasteiger partial charge in [0, 0.05) is 24.2 Å². The van der Waals surface area contributed by atoms with Crippen molar-refractivity contribution >= 4 is 5.69 Å². The minimum atomic E-state index is -0.352. The smallest absolute Gasteiger partial charge is 0.269 e. The third-order valence-corrected chi connectivity index (χ3v) is 4.45.